The maximum absolute atomic E-state index is 4.62. The largest absolute Gasteiger partial charge is 0.308 e. The summed E-state index contributed by atoms with van der Waals surface area (Å²) in [6.45, 7) is 5.34. The highest BCUT2D eigenvalue weighted by Crippen LogP contribution is 2.22. The van der Waals surface area contributed by atoms with Gasteiger partial charge in [0.05, 0.1) is 5.52 Å². The molecule has 0 saturated carbocycles. The highest BCUT2D eigenvalue weighted by Gasteiger charge is 2.18. The summed E-state index contributed by atoms with van der Waals surface area (Å²) in [5.74, 6) is 0. The molecule has 0 radical (unpaired) electrons. The van der Waals surface area contributed by atoms with Crippen LogP contribution in [0.4, 0.5) is 0 Å². The van der Waals surface area contributed by atoms with E-state index in [-0.39, 0.29) is 0 Å². The van der Waals surface area contributed by atoms with E-state index in [4.69, 9.17) is 0 Å². The van der Waals surface area contributed by atoms with E-state index < -0.39 is 0 Å². The number of rotatable bonds is 1. The molecule has 1 N–H and O–H groups in total. The Labute approximate surface area is 108 Å². The molecule has 94 valence electrons. The Morgan fingerprint density at radius 2 is 2.28 bits per heavy atom. The molecule has 0 bridgehead atoms. The number of hydrogen-bond acceptors (Lipinski definition) is 3. The first-order chi connectivity index (χ1) is 8.74. The number of hydrogen-bond donors (Lipinski definition) is 1. The molecule has 18 heavy (non-hydrogen) atoms. The number of fused-ring (bicyclic) bond motifs is 1. The molecule has 3 nitrogen and oxygen atoms in total. The van der Waals surface area contributed by atoms with Gasteiger partial charge in [-0.2, -0.15) is 0 Å². The van der Waals surface area contributed by atoms with E-state index in [1.807, 2.05) is 6.20 Å². The first kappa shape index (κ1) is 11.6. The molecule has 1 aliphatic heterocycles. The van der Waals surface area contributed by atoms with Gasteiger partial charge >= 0.3 is 0 Å². The van der Waals surface area contributed by atoms with Crippen LogP contribution >= 0.6 is 0 Å². The number of para-hydroxylation sites is 1. The van der Waals surface area contributed by atoms with Gasteiger partial charge in [0.1, 0.15) is 0 Å². The summed E-state index contributed by atoms with van der Waals surface area (Å²) in [5.41, 5.74) is 3.65. The predicted octanol–water partition coefficient (Wildman–Crippen LogP) is 2.12. The molecule has 3 heteroatoms. The Morgan fingerprint density at radius 1 is 1.39 bits per heavy atom. The van der Waals surface area contributed by atoms with E-state index in [0.29, 0.717) is 6.04 Å². The summed E-state index contributed by atoms with van der Waals surface area (Å²) in [6, 6.07) is 9.03. The predicted molar refractivity (Wildman–Crippen MR) is 74.7 cm³/mol. The molecule has 1 saturated heterocycles. The lowest BCUT2D eigenvalue weighted by Gasteiger charge is -2.31. The molecule has 1 aromatic carbocycles. The fraction of sp³-hybridized carbons (Fsp3) is 0.400. The smallest absolute Gasteiger partial charge is 0.0731 e. The molecule has 0 aliphatic carbocycles. The molecule has 1 aromatic heterocycles. The summed E-state index contributed by atoms with van der Waals surface area (Å²) >= 11 is 0. The second-order valence-corrected chi connectivity index (χ2v) is 5.18. The minimum absolute atomic E-state index is 0.404. The Balaban J connectivity index is 1.98. The Hall–Kier alpha value is -1.45. The molecule has 0 spiro atoms. The Bertz CT molecular complexity index is 565. The Morgan fingerprint density at radius 3 is 3.11 bits per heavy atom. The number of pyridine rings is 1. The minimum Gasteiger partial charge on any atom is -0.308 e. The first-order valence-electron chi connectivity index (χ1n) is 6.51. The maximum atomic E-state index is 4.62. The quantitative estimate of drug-likeness (QED) is 0.829. The topological polar surface area (TPSA) is 28.2 Å². The van der Waals surface area contributed by atoms with Crippen molar-refractivity contribution in [1.29, 1.82) is 0 Å². The molecular weight excluding hydrogens is 222 g/mol. The second kappa shape index (κ2) is 4.67. The number of nitrogens with zero attached hydrogens (tertiary/aromatic N) is 2. The highest BCUT2D eigenvalue weighted by atomic mass is 15.2. The summed E-state index contributed by atoms with van der Waals surface area (Å²) in [7, 11) is 2.17. The number of likely N-dealkylation sites (N-methyl/N-ethyl adjacent to an activating group) is 1. The van der Waals surface area contributed by atoms with Crippen LogP contribution in [0.5, 0.6) is 0 Å². The zero-order valence-corrected chi connectivity index (χ0v) is 11.0. The summed E-state index contributed by atoms with van der Waals surface area (Å²) in [6.07, 6.45) is 2.02. The van der Waals surface area contributed by atoms with Gasteiger partial charge in [-0.25, -0.2) is 0 Å². The first-order valence-corrected chi connectivity index (χ1v) is 6.51. The van der Waals surface area contributed by atoms with Crippen LogP contribution in [0, 0.1) is 6.92 Å². The highest BCUT2D eigenvalue weighted by molar-refractivity contribution is 5.82. The summed E-state index contributed by atoms with van der Waals surface area (Å²) < 4.78 is 0. The van der Waals surface area contributed by atoms with Crippen LogP contribution in [-0.2, 0) is 0 Å². The van der Waals surface area contributed by atoms with E-state index >= 15 is 0 Å². The zero-order chi connectivity index (χ0) is 12.5. The van der Waals surface area contributed by atoms with Crippen molar-refractivity contribution in [2.24, 2.45) is 0 Å². The molecule has 1 fully saturated rings. The monoisotopic (exact) mass is 241 g/mol. The number of benzene rings is 1. The van der Waals surface area contributed by atoms with Crippen molar-refractivity contribution in [1.82, 2.24) is 15.2 Å². The van der Waals surface area contributed by atoms with E-state index in [2.05, 4.69) is 53.4 Å². The zero-order valence-electron chi connectivity index (χ0n) is 11.0. The number of nitrogens with one attached hydrogen (secondary N) is 1. The SMILES string of the molecule is Cc1cccc2cc(C3CN(C)CCN3)cnc12. The lowest BCUT2D eigenvalue weighted by Crippen LogP contribution is -2.43. The van der Waals surface area contributed by atoms with Gasteiger partial charge in [0.2, 0.25) is 0 Å². The van der Waals surface area contributed by atoms with Gasteiger partial charge in [-0.1, -0.05) is 18.2 Å². The van der Waals surface area contributed by atoms with E-state index in [9.17, 15) is 0 Å². The minimum atomic E-state index is 0.404. The summed E-state index contributed by atoms with van der Waals surface area (Å²) in [4.78, 5) is 6.99. The average Bonchev–Trinajstić information content (AvgIpc) is 2.39. The van der Waals surface area contributed by atoms with Crippen LogP contribution in [0.1, 0.15) is 17.2 Å². The third kappa shape index (κ3) is 2.11. The van der Waals surface area contributed by atoms with Gasteiger partial charge in [-0.05, 0) is 31.2 Å². The molecule has 3 rings (SSSR count). The number of aromatic nitrogens is 1. The van der Waals surface area contributed by atoms with Crippen molar-refractivity contribution < 1.29 is 0 Å². The number of piperazine rings is 1. The normalized spacial score (nSPS) is 21.3. The lowest BCUT2D eigenvalue weighted by atomic mass is 10.0. The summed E-state index contributed by atoms with van der Waals surface area (Å²) in [5, 5.41) is 4.80. The Kier molecular flexibility index (Phi) is 3.02. The molecular formula is C15H19N3. The van der Waals surface area contributed by atoms with Crippen LogP contribution in [0.2, 0.25) is 0 Å². The van der Waals surface area contributed by atoms with Crippen LogP contribution < -0.4 is 5.32 Å². The third-order valence-electron chi connectivity index (χ3n) is 3.71. The fourth-order valence-electron chi connectivity index (χ4n) is 2.64. The van der Waals surface area contributed by atoms with Gasteiger partial charge in [0.25, 0.3) is 0 Å². The van der Waals surface area contributed by atoms with Gasteiger partial charge < -0.3 is 10.2 Å². The molecule has 1 aliphatic rings. The third-order valence-corrected chi connectivity index (χ3v) is 3.71. The van der Waals surface area contributed by atoms with Crippen LogP contribution in [-0.4, -0.2) is 36.6 Å². The molecule has 0 amide bonds. The molecule has 1 atom stereocenters. The standard InChI is InChI=1S/C15H19N3/c1-11-4-3-5-12-8-13(9-17-15(11)12)14-10-18(2)7-6-16-14/h3-5,8-9,14,16H,6-7,10H2,1-2H3. The lowest BCUT2D eigenvalue weighted by molar-refractivity contribution is 0.241. The van der Waals surface area contributed by atoms with Gasteiger partial charge in [-0.15, -0.1) is 0 Å². The van der Waals surface area contributed by atoms with E-state index in [0.717, 1.165) is 25.2 Å². The fourth-order valence-corrected chi connectivity index (χ4v) is 2.64. The van der Waals surface area contributed by atoms with E-state index in [1.165, 1.54) is 16.5 Å². The van der Waals surface area contributed by atoms with Crippen LogP contribution in [0.3, 0.4) is 0 Å². The van der Waals surface area contributed by atoms with E-state index in [1.54, 1.807) is 0 Å². The van der Waals surface area contributed by atoms with Crippen molar-refractivity contribution in [3.63, 3.8) is 0 Å². The van der Waals surface area contributed by atoms with Crippen LogP contribution in [0.15, 0.2) is 30.5 Å². The van der Waals surface area contributed by atoms with Crippen molar-refractivity contribution in [3.05, 3.63) is 41.6 Å². The average molecular weight is 241 g/mol. The van der Waals surface area contributed by atoms with Crippen molar-refractivity contribution >= 4 is 10.9 Å². The molecule has 1 unspecified atom stereocenters. The second-order valence-electron chi connectivity index (χ2n) is 5.18. The van der Waals surface area contributed by atoms with Crippen LogP contribution in [0.25, 0.3) is 10.9 Å². The van der Waals surface area contributed by atoms with Gasteiger partial charge in [-0.3, -0.25) is 4.98 Å². The van der Waals surface area contributed by atoms with Crippen molar-refractivity contribution in [2.45, 2.75) is 13.0 Å². The van der Waals surface area contributed by atoms with Crippen molar-refractivity contribution in [2.75, 3.05) is 26.7 Å². The number of aryl methyl sites for hydroxylation is 1. The maximum Gasteiger partial charge on any atom is 0.0731 e. The van der Waals surface area contributed by atoms with Crippen molar-refractivity contribution in [3.8, 4) is 0 Å². The molecule has 2 aromatic rings. The van der Waals surface area contributed by atoms with Gasteiger partial charge in [0, 0.05) is 37.3 Å². The van der Waals surface area contributed by atoms with Gasteiger partial charge in [0.15, 0.2) is 0 Å². The molecule has 2 heterocycles.